The summed E-state index contributed by atoms with van der Waals surface area (Å²) in [5.74, 6) is -0.232. The van der Waals surface area contributed by atoms with Crippen molar-refractivity contribution in [2.75, 3.05) is 5.73 Å². The highest BCUT2D eigenvalue weighted by atomic mass is 35.5. The molecule has 2 aromatic rings. The summed E-state index contributed by atoms with van der Waals surface area (Å²) in [6, 6.07) is 10.2. The van der Waals surface area contributed by atoms with Crippen LogP contribution in [0.1, 0.15) is 5.56 Å². The van der Waals surface area contributed by atoms with Crippen molar-refractivity contribution < 1.29 is 4.39 Å². The molecule has 0 heterocycles. The Morgan fingerprint density at radius 1 is 1.18 bits per heavy atom. The van der Waals surface area contributed by atoms with E-state index in [1.165, 1.54) is 17.8 Å². The summed E-state index contributed by atoms with van der Waals surface area (Å²) in [5, 5.41) is 0.495. The Bertz CT molecular complexity index is 557. The first-order valence-electron chi connectivity index (χ1n) is 5.06. The Morgan fingerprint density at radius 3 is 2.59 bits per heavy atom. The van der Waals surface area contributed by atoms with Crippen LogP contribution in [0.15, 0.2) is 46.2 Å². The highest BCUT2D eigenvalue weighted by Gasteiger charge is 2.08. The van der Waals surface area contributed by atoms with Gasteiger partial charge in [0.2, 0.25) is 0 Å². The number of hydrogen-bond donors (Lipinski definition) is 1. The van der Waals surface area contributed by atoms with E-state index in [9.17, 15) is 4.39 Å². The Hall–Kier alpha value is -1.19. The fourth-order valence-corrected chi connectivity index (χ4v) is 2.62. The van der Waals surface area contributed by atoms with Crippen LogP contribution >= 0.6 is 23.4 Å². The van der Waals surface area contributed by atoms with Gasteiger partial charge in [0.15, 0.2) is 0 Å². The molecule has 0 saturated carbocycles. The molecule has 88 valence electrons. The zero-order chi connectivity index (χ0) is 12.4. The molecule has 2 N–H and O–H groups in total. The van der Waals surface area contributed by atoms with Gasteiger partial charge in [-0.05, 0) is 36.8 Å². The molecule has 4 heteroatoms. The van der Waals surface area contributed by atoms with Crippen LogP contribution < -0.4 is 5.73 Å². The van der Waals surface area contributed by atoms with Gasteiger partial charge < -0.3 is 5.73 Å². The van der Waals surface area contributed by atoms with Gasteiger partial charge in [0.1, 0.15) is 5.82 Å². The first kappa shape index (κ1) is 12.3. The largest absolute Gasteiger partial charge is 0.398 e. The Balaban J connectivity index is 2.37. The van der Waals surface area contributed by atoms with Gasteiger partial charge in [0.25, 0.3) is 0 Å². The van der Waals surface area contributed by atoms with Gasteiger partial charge in [0.05, 0.1) is 10.7 Å². The fraction of sp³-hybridized carbons (Fsp3) is 0.0769. The van der Waals surface area contributed by atoms with Crippen molar-refractivity contribution in [2.45, 2.75) is 16.7 Å². The smallest absolute Gasteiger partial charge is 0.137 e. The highest BCUT2D eigenvalue weighted by Crippen LogP contribution is 2.35. The minimum atomic E-state index is -0.232. The average Bonchev–Trinajstić information content (AvgIpc) is 2.29. The highest BCUT2D eigenvalue weighted by molar-refractivity contribution is 7.99. The summed E-state index contributed by atoms with van der Waals surface area (Å²) in [5.41, 5.74) is 7.23. The maximum atomic E-state index is 13.5. The molecule has 0 aliphatic rings. The zero-order valence-corrected chi connectivity index (χ0v) is 10.8. The van der Waals surface area contributed by atoms with E-state index < -0.39 is 0 Å². The summed E-state index contributed by atoms with van der Waals surface area (Å²) in [7, 11) is 0. The van der Waals surface area contributed by atoms with Crippen LogP contribution in [-0.2, 0) is 0 Å². The molecule has 0 unspecified atom stereocenters. The van der Waals surface area contributed by atoms with Gasteiger partial charge >= 0.3 is 0 Å². The van der Waals surface area contributed by atoms with Gasteiger partial charge in [-0.3, -0.25) is 0 Å². The van der Waals surface area contributed by atoms with E-state index in [1.54, 1.807) is 30.3 Å². The number of aryl methyl sites for hydroxylation is 1. The number of rotatable bonds is 2. The Kier molecular flexibility index (Phi) is 3.60. The van der Waals surface area contributed by atoms with Crippen LogP contribution in [0.2, 0.25) is 5.02 Å². The molecule has 0 atom stereocenters. The van der Waals surface area contributed by atoms with Crippen LogP contribution in [0.3, 0.4) is 0 Å². The van der Waals surface area contributed by atoms with E-state index in [-0.39, 0.29) is 5.82 Å². The predicted octanol–water partition coefficient (Wildman–Crippen LogP) is 4.52. The molecule has 2 rings (SSSR count). The SMILES string of the molecule is Cc1cc(N)c(Cl)cc1Sc1ccccc1F. The molecule has 0 spiro atoms. The van der Waals surface area contributed by atoms with Crippen molar-refractivity contribution in [3.05, 3.63) is 52.8 Å². The lowest BCUT2D eigenvalue weighted by molar-refractivity contribution is 0.602. The first-order valence-corrected chi connectivity index (χ1v) is 6.25. The second-order valence-corrected chi connectivity index (χ2v) is 5.16. The molecule has 1 nitrogen and oxygen atoms in total. The molecule has 0 aliphatic heterocycles. The van der Waals surface area contributed by atoms with Crippen LogP contribution in [0.5, 0.6) is 0 Å². The van der Waals surface area contributed by atoms with Crippen LogP contribution in [0.25, 0.3) is 0 Å². The molecule has 0 radical (unpaired) electrons. The second-order valence-electron chi connectivity index (χ2n) is 3.67. The monoisotopic (exact) mass is 267 g/mol. The van der Waals surface area contributed by atoms with Gasteiger partial charge in [-0.15, -0.1) is 0 Å². The minimum Gasteiger partial charge on any atom is -0.398 e. The van der Waals surface area contributed by atoms with Gasteiger partial charge in [0, 0.05) is 9.79 Å². The third kappa shape index (κ3) is 2.73. The van der Waals surface area contributed by atoms with Crippen molar-refractivity contribution in [1.82, 2.24) is 0 Å². The van der Waals surface area contributed by atoms with E-state index in [0.717, 1.165) is 10.5 Å². The molecule has 0 fully saturated rings. The maximum absolute atomic E-state index is 13.5. The van der Waals surface area contributed by atoms with E-state index in [4.69, 9.17) is 17.3 Å². The third-order valence-corrected chi connectivity index (χ3v) is 3.89. The van der Waals surface area contributed by atoms with Crippen molar-refractivity contribution in [3.63, 3.8) is 0 Å². The molecule has 0 aromatic heterocycles. The number of halogens is 2. The second kappa shape index (κ2) is 4.98. The van der Waals surface area contributed by atoms with E-state index in [2.05, 4.69) is 0 Å². The molecule has 0 saturated heterocycles. The number of nitrogen functional groups attached to an aromatic ring is 1. The van der Waals surface area contributed by atoms with Gasteiger partial charge in [-0.25, -0.2) is 4.39 Å². The van der Waals surface area contributed by atoms with Gasteiger partial charge in [-0.2, -0.15) is 0 Å². The van der Waals surface area contributed by atoms with Crippen LogP contribution in [-0.4, -0.2) is 0 Å². The van der Waals surface area contributed by atoms with Crippen molar-refractivity contribution in [2.24, 2.45) is 0 Å². The van der Waals surface area contributed by atoms with Crippen LogP contribution in [0, 0.1) is 12.7 Å². The molecule has 2 aromatic carbocycles. The minimum absolute atomic E-state index is 0.232. The summed E-state index contributed by atoms with van der Waals surface area (Å²) in [6.07, 6.45) is 0. The van der Waals surface area contributed by atoms with Crippen LogP contribution in [0.4, 0.5) is 10.1 Å². The molecule has 0 bridgehead atoms. The molecule has 17 heavy (non-hydrogen) atoms. The topological polar surface area (TPSA) is 26.0 Å². The number of benzene rings is 2. The number of nitrogens with two attached hydrogens (primary N) is 1. The van der Waals surface area contributed by atoms with Crippen molar-refractivity contribution in [3.8, 4) is 0 Å². The predicted molar refractivity (Wildman–Crippen MR) is 71.1 cm³/mol. The Morgan fingerprint density at radius 2 is 1.88 bits per heavy atom. The lowest BCUT2D eigenvalue weighted by Crippen LogP contribution is -1.90. The zero-order valence-electron chi connectivity index (χ0n) is 9.21. The summed E-state index contributed by atoms with van der Waals surface area (Å²) in [6.45, 7) is 1.93. The fourth-order valence-electron chi connectivity index (χ4n) is 1.44. The standard InChI is InChI=1S/C13H11ClFNS/c1-8-6-11(16)9(14)7-13(8)17-12-5-3-2-4-10(12)15/h2-7H,16H2,1H3. The molecular formula is C13H11ClFNS. The first-order chi connectivity index (χ1) is 8.08. The van der Waals surface area contributed by atoms with E-state index in [1.807, 2.05) is 6.92 Å². The van der Waals surface area contributed by atoms with E-state index >= 15 is 0 Å². The number of anilines is 1. The Labute approximate surface area is 109 Å². The molecular weight excluding hydrogens is 257 g/mol. The summed E-state index contributed by atoms with van der Waals surface area (Å²) >= 11 is 7.31. The lowest BCUT2D eigenvalue weighted by Gasteiger charge is -2.08. The lowest BCUT2D eigenvalue weighted by atomic mass is 10.2. The number of hydrogen-bond acceptors (Lipinski definition) is 2. The summed E-state index contributed by atoms with van der Waals surface area (Å²) < 4.78 is 13.5. The summed E-state index contributed by atoms with van der Waals surface area (Å²) in [4.78, 5) is 1.49. The third-order valence-electron chi connectivity index (χ3n) is 2.35. The average molecular weight is 268 g/mol. The molecule has 0 aliphatic carbocycles. The maximum Gasteiger partial charge on any atom is 0.137 e. The quantitative estimate of drug-likeness (QED) is 0.810. The van der Waals surface area contributed by atoms with E-state index in [0.29, 0.717) is 15.6 Å². The normalized spacial score (nSPS) is 10.5. The van der Waals surface area contributed by atoms with Crippen molar-refractivity contribution >= 4 is 29.1 Å². The molecule has 0 amide bonds. The van der Waals surface area contributed by atoms with Gasteiger partial charge in [-0.1, -0.05) is 35.5 Å². The van der Waals surface area contributed by atoms with Crippen molar-refractivity contribution in [1.29, 1.82) is 0 Å².